The molecule has 2 rings (SSSR count). The van der Waals surface area contributed by atoms with Gasteiger partial charge in [-0.25, -0.2) is 0 Å². The fourth-order valence-corrected chi connectivity index (χ4v) is 2.10. The Bertz CT molecular complexity index is 809. The van der Waals surface area contributed by atoms with Crippen molar-refractivity contribution >= 4 is 17.8 Å². The summed E-state index contributed by atoms with van der Waals surface area (Å²) in [5.41, 5.74) is 6.94. The fourth-order valence-electron chi connectivity index (χ4n) is 2.10. The smallest absolute Gasteiger partial charge is 0.305 e. The number of hydrogen-bond acceptors (Lipinski definition) is 6. The predicted molar refractivity (Wildman–Crippen MR) is 93.4 cm³/mol. The van der Waals surface area contributed by atoms with Crippen LogP contribution in [0, 0.1) is 0 Å². The van der Waals surface area contributed by atoms with Crippen LogP contribution in [0.2, 0.25) is 0 Å². The fraction of sp³-hybridized carbons (Fsp3) is 0.235. The molecule has 0 atom stereocenters. The summed E-state index contributed by atoms with van der Waals surface area (Å²) in [6.45, 7) is 0.728. The summed E-state index contributed by atoms with van der Waals surface area (Å²) in [7, 11) is 0. The van der Waals surface area contributed by atoms with Crippen LogP contribution in [0.5, 0.6) is 0 Å². The molecule has 0 bridgehead atoms. The third-order valence-electron chi connectivity index (χ3n) is 3.36. The van der Waals surface area contributed by atoms with Crippen molar-refractivity contribution in [1.29, 1.82) is 0 Å². The molecule has 2 amide bonds. The third-order valence-corrected chi connectivity index (χ3v) is 3.36. The van der Waals surface area contributed by atoms with E-state index in [1.165, 1.54) is 24.5 Å². The number of aromatic nitrogens is 2. The zero-order valence-corrected chi connectivity index (χ0v) is 13.9. The molecule has 0 aliphatic heterocycles. The molecule has 0 radical (unpaired) electrons. The summed E-state index contributed by atoms with van der Waals surface area (Å²) in [6, 6.07) is 6.18. The average Bonchev–Trinajstić information content (AvgIpc) is 2.66. The van der Waals surface area contributed by atoms with Gasteiger partial charge in [-0.1, -0.05) is 0 Å². The molecule has 0 saturated carbocycles. The Balaban J connectivity index is 2.15. The van der Waals surface area contributed by atoms with Crippen molar-refractivity contribution in [3.63, 3.8) is 0 Å². The number of pyridine rings is 2. The normalized spacial score (nSPS) is 10.2. The van der Waals surface area contributed by atoms with E-state index in [-0.39, 0.29) is 18.9 Å². The lowest BCUT2D eigenvalue weighted by Gasteiger charge is -2.07. The lowest BCUT2D eigenvalue weighted by molar-refractivity contribution is -0.136. The zero-order chi connectivity index (χ0) is 18.9. The number of carbonyl (C=O) groups excluding carboxylic acids is 2. The lowest BCUT2D eigenvalue weighted by Crippen LogP contribution is -2.29. The van der Waals surface area contributed by atoms with Gasteiger partial charge in [0.1, 0.15) is 0 Å². The minimum Gasteiger partial charge on any atom is -0.481 e. The first kappa shape index (κ1) is 19.0. The Hall–Kier alpha value is -3.33. The first-order chi connectivity index (χ1) is 12.5. The minimum atomic E-state index is -0.991. The molecule has 0 aliphatic rings. The average molecular weight is 357 g/mol. The molecular formula is C17H19N5O4. The van der Waals surface area contributed by atoms with Crippen LogP contribution in [0.25, 0.3) is 11.4 Å². The Morgan fingerprint density at radius 2 is 1.42 bits per heavy atom. The van der Waals surface area contributed by atoms with Gasteiger partial charge in [0.25, 0.3) is 11.8 Å². The van der Waals surface area contributed by atoms with Gasteiger partial charge in [0.15, 0.2) is 0 Å². The Morgan fingerprint density at radius 3 is 1.88 bits per heavy atom. The first-order valence-corrected chi connectivity index (χ1v) is 7.92. The second-order valence-corrected chi connectivity index (χ2v) is 5.30. The standard InChI is InChI=1S/C17H19N5O4/c18-4-8-22-17(26)12-2-6-20-14(10-12)13-9-11(1-5-19-13)16(25)21-7-3-15(23)24/h1-2,5-6,9-10H,3-4,7-8,18H2,(H,21,25)(H,22,26)(H,23,24). The maximum atomic E-state index is 12.1. The number of rotatable bonds is 8. The summed E-state index contributed by atoms with van der Waals surface area (Å²) in [5.74, 6) is -1.68. The van der Waals surface area contributed by atoms with Crippen LogP contribution in [0.15, 0.2) is 36.7 Å². The number of nitrogens with one attached hydrogen (secondary N) is 2. The van der Waals surface area contributed by atoms with Crippen LogP contribution in [0.3, 0.4) is 0 Å². The molecule has 2 heterocycles. The van der Waals surface area contributed by atoms with Crippen molar-refractivity contribution in [2.45, 2.75) is 6.42 Å². The second kappa shape index (κ2) is 9.23. The Labute approximate surface area is 149 Å². The number of amides is 2. The number of carbonyl (C=O) groups is 3. The molecular weight excluding hydrogens is 338 g/mol. The Morgan fingerprint density at radius 1 is 0.923 bits per heavy atom. The van der Waals surface area contributed by atoms with Crippen LogP contribution in [0.4, 0.5) is 0 Å². The summed E-state index contributed by atoms with van der Waals surface area (Å²) >= 11 is 0. The van der Waals surface area contributed by atoms with Crippen molar-refractivity contribution in [2.75, 3.05) is 19.6 Å². The highest BCUT2D eigenvalue weighted by atomic mass is 16.4. The maximum Gasteiger partial charge on any atom is 0.305 e. The van der Waals surface area contributed by atoms with Crippen molar-refractivity contribution < 1.29 is 19.5 Å². The zero-order valence-electron chi connectivity index (χ0n) is 13.9. The van der Waals surface area contributed by atoms with Gasteiger partial charge < -0.3 is 21.5 Å². The SMILES string of the molecule is NCCNC(=O)c1ccnc(-c2cc(C(=O)NCCC(=O)O)ccn2)c1. The molecule has 0 spiro atoms. The quantitative estimate of drug-likeness (QED) is 0.521. The van der Waals surface area contributed by atoms with Gasteiger partial charge in [-0.2, -0.15) is 0 Å². The lowest BCUT2D eigenvalue weighted by atomic mass is 10.1. The molecule has 2 aromatic heterocycles. The van der Waals surface area contributed by atoms with Crippen molar-refractivity contribution in [3.8, 4) is 11.4 Å². The van der Waals surface area contributed by atoms with E-state index in [1.54, 1.807) is 12.1 Å². The van der Waals surface area contributed by atoms with Crippen LogP contribution in [0.1, 0.15) is 27.1 Å². The van der Waals surface area contributed by atoms with E-state index >= 15 is 0 Å². The minimum absolute atomic E-state index is 0.0286. The van der Waals surface area contributed by atoms with Gasteiger partial charge in [0, 0.05) is 43.2 Å². The molecule has 0 aromatic carbocycles. The molecule has 0 unspecified atom stereocenters. The predicted octanol–water partition coefficient (Wildman–Crippen LogP) is 0.0366. The molecule has 0 aliphatic carbocycles. The molecule has 5 N–H and O–H groups in total. The molecule has 0 fully saturated rings. The highest BCUT2D eigenvalue weighted by Gasteiger charge is 2.11. The number of hydrogen-bond donors (Lipinski definition) is 4. The van der Waals surface area contributed by atoms with Gasteiger partial charge >= 0.3 is 5.97 Å². The van der Waals surface area contributed by atoms with E-state index in [1.807, 2.05) is 0 Å². The molecule has 9 nitrogen and oxygen atoms in total. The molecule has 26 heavy (non-hydrogen) atoms. The van der Waals surface area contributed by atoms with E-state index in [0.717, 1.165) is 0 Å². The summed E-state index contributed by atoms with van der Waals surface area (Å²) in [6.07, 6.45) is 2.77. The summed E-state index contributed by atoms with van der Waals surface area (Å²) in [4.78, 5) is 42.9. The number of nitrogens with two attached hydrogens (primary N) is 1. The number of aliphatic carboxylic acids is 1. The Kier molecular flexibility index (Phi) is 6.75. The second-order valence-electron chi connectivity index (χ2n) is 5.30. The van der Waals surface area contributed by atoms with Crippen LogP contribution >= 0.6 is 0 Å². The largest absolute Gasteiger partial charge is 0.481 e. The van der Waals surface area contributed by atoms with Crippen molar-refractivity contribution in [3.05, 3.63) is 47.8 Å². The highest BCUT2D eigenvalue weighted by molar-refractivity contribution is 5.96. The van der Waals surface area contributed by atoms with Gasteiger partial charge in [-0.05, 0) is 24.3 Å². The monoisotopic (exact) mass is 357 g/mol. The molecule has 2 aromatic rings. The van der Waals surface area contributed by atoms with Crippen LogP contribution < -0.4 is 16.4 Å². The first-order valence-electron chi connectivity index (χ1n) is 7.92. The van der Waals surface area contributed by atoms with E-state index in [2.05, 4.69) is 20.6 Å². The van der Waals surface area contributed by atoms with E-state index in [9.17, 15) is 14.4 Å². The van der Waals surface area contributed by atoms with Crippen LogP contribution in [-0.2, 0) is 4.79 Å². The third kappa shape index (κ3) is 5.35. The molecule has 136 valence electrons. The van der Waals surface area contributed by atoms with Gasteiger partial charge in [-0.15, -0.1) is 0 Å². The molecule has 9 heteroatoms. The van der Waals surface area contributed by atoms with Crippen LogP contribution in [-0.4, -0.2) is 52.5 Å². The van der Waals surface area contributed by atoms with E-state index < -0.39 is 11.9 Å². The molecule has 0 saturated heterocycles. The van der Waals surface area contributed by atoms with E-state index in [4.69, 9.17) is 10.8 Å². The number of carboxylic acids is 1. The van der Waals surface area contributed by atoms with Crippen molar-refractivity contribution in [1.82, 2.24) is 20.6 Å². The van der Waals surface area contributed by atoms with Gasteiger partial charge in [0.2, 0.25) is 0 Å². The van der Waals surface area contributed by atoms with Crippen molar-refractivity contribution in [2.24, 2.45) is 5.73 Å². The maximum absolute atomic E-state index is 12.1. The summed E-state index contributed by atoms with van der Waals surface area (Å²) < 4.78 is 0. The number of nitrogens with zero attached hydrogens (tertiary/aromatic N) is 2. The van der Waals surface area contributed by atoms with E-state index in [0.29, 0.717) is 35.6 Å². The summed E-state index contributed by atoms with van der Waals surface area (Å²) in [5, 5.41) is 13.8. The highest BCUT2D eigenvalue weighted by Crippen LogP contribution is 2.17. The van der Waals surface area contributed by atoms with Gasteiger partial charge in [0.05, 0.1) is 17.8 Å². The number of carboxylic acid groups (broad SMARTS) is 1. The van der Waals surface area contributed by atoms with Gasteiger partial charge in [-0.3, -0.25) is 24.4 Å². The topological polar surface area (TPSA) is 147 Å².